The monoisotopic (exact) mass is 293 g/mol. The van der Waals surface area contributed by atoms with Crippen LogP contribution in [0.15, 0.2) is 24.3 Å². The Kier molecular flexibility index (Phi) is 5.64. The van der Waals surface area contributed by atoms with E-state index in [4.69, 9.17) is 5.11 Å². The third-order valence-corrected chi connectivity index (χ3v) is 3.35. The summed E-state index contributed by atoms with van der Waals surface area (Å²) in [5, 5.41) is 11.3. The predicted molar refractivity (Wildman–Crippen MR) is 79.5 cm³/mol. The van der Waals surface area contributed by atoms with Crippen LogP contribution in [-0.2, 0) is 4.79 Å². The van der Waals surface area contributed by atoms with Crippen molar-refractivity contribution in [3.8, 4) is 0 Å². The second-order valence-electron chi connectivity index (χ2n) is 5.61. The predicted octanol–water partition coefficient (Wildman–Crippen LogP) is 3.09. The summed E-state index contributed by atoms with van der Waals surface area (Å²) >= 11 is 0. The molecule has 0 fully saturated rings. The molecule has 0 radical (unpaired) electrons. The van der Waals surface area contributed by atoms with Crippen LogP contribution in [0.25, 0.3) is 6.08 Å². The van der Waals surface area contributed by atoms with Crippen molar-refractivity contribution >= 4 is 18.0 Å². The lowest BCUT2D eigenvalue weighted by molar-refractivity contribution is -0.131. The lowest BCUT2D eigenvalue weighted by Gasteiger charge is -2.22. The third-order valence-electron chi connectivity index (χ3n) is 3.35. The molecule has 1 rings (SSSR count). The second-order valence-corrected chi connectivity index (χ2v) is 5.61. The minimum atomic E-state index is -1.15. The van der Waals surface area contributed by atoms with Crippen LogP contribution in [-0.4, -0.2) is 23.5 Å². The lowest BCUT2D eigenvalue weighted by Crippen LogP contribution is -2.33. The van der Waals surface area contributed by atoms with Crippen LogP contribution in [0.4, 0.5) is 4.39 Å². The zero-order chi connectivity index (χ0) is 16.0. The van der Waals surface area contributed by atoms with Gasteiger partial charge >= 0.3 is 5.97 Å². The number of amides is 1. The van der Waals surface area contributed by atoms with E-state index in [0.29, 0.717) is 6.54 Å². The van der Waals surface area contributed by atoms with E-state index in [2.05, 4.69) is 5.32 Å². The molecule has 2 N–H and O–H groups in total. The number of carbonyl (C=O) groups is 2. The van der Waals surface area contributed by atoms with Crippen molar-refractivity contribution in [1.82, 2.24) is 5.32 Å². The minimum absolute atomic E-state index is 0.0155. The van der Waals surface area contributed by atoms with Gasteiger partial charge in [0.05, 0.1) is 0 Å². The van der Waals surface area contributed by atoms with Gasteiger partial charge < -0.3 is 10.4 Å². The molecule has 1 aromatic carbocycles. The number of hydrogen-bond acceptors (Lipinski definition) is 2. The fourth-order valence-corrected chi connectivity index (χ4v) is 1.51. The van der Waals surface area contributed by atoms with E-state index in [9.17, 15) is 14.0 Å². The van der Waals surface area contributed by atoms with E-state index < -0.39 is 11.8 Å². The number of hydrogen-bond donors (Lipinski definition) is 2. The van der Waals surface area contributed by atoms with E-state index in [1.54, 1.807) is 0 Å². The van der Waals surface area contributed by atoms with Crippen molar-refractivity contribution in [1.29, 1.82) is 0 Å². The average Bonchev–Trinajstić information content (AvgIpc) is 2.43. The van der Waals surface area contributed by atoms with Crippen LogP contribution in [0.3, 0.4) is 0 Å². The van der Waals surface area contributed by atoms with Gasteiger partial charge in [0.1, 0.15) is 5.82 Å². The third kappa shape index (κ3) is 5.38. The van der Waals surface area contributed by atoms with Gasteiger partial charge in [-0.25, -0.2) is 9.18 Å². The Balaban J connectivity index is 2.79. The minimum Gasteiger partial charge on any atom is -0.478 e. The van der Waals surface area contributed by atoms with Crippen molar-refractivity contribution in [2.75, 3.05) is 6.54 Å². The topological polar surface area (TPSA) is 66.4 Å². The summed E-state index contributed by atoms with van der Waals surface area (Å²) in [6, 6.07) is 3.96. The van der Waals surface area contributed by atoms with Crippen LogP contribution >= 0.6 is 0 Å². The number of nitrogens with one attached hydrogen (secondary N) is 1. The van der Waals surface area contributed by atoms with Crippen molar-refractivity contribution in [2.45, 2.75) is 27.2 Å². The number of rotatable bonds is 6. The first-order chi connectivity index (χ1) is 9.75. The first-order valence-electron chi connectivity index (χ1n) is 6.74. The summed E-state index contributed by atoms with van der Waals surface area (Å²) in [4.78, 5) is 22.3. The van der Waals surface area contributed by atoms with E-state index in [0.717, 1.165) is 24.6 Å². The highest BCUT2D eigenvalue weighted by Gasteiger charge is 2.17. The molecule has 5 heteroatoms. The quantitative estimate of drug-likeness (QED) is 0.792. The molecule has 21 heavy (non-hydrogen) atoms. The molecule has 0 aliphatic heterocycles. The van der Waals surface area contributed by atoms with Crippen molar-refractivity contribution < 1.29 is 19.1 Å². The van der Waals surface area contributed by atoms with Gasteiger partial charge in [-0.2, -0.15) is 0 Å². The number of carboxylic acids is 1. The summed E-state index contributed by atoms with van der Waals surface area (Å²) in [6.07, 6.45) is 2.92. The Morgan fingerprint density at radius 2 is 2.05 bits per heavy atom. The van der Waals surface area contributed by atoms with Gasteiger partial charge in [-0.1, -0.05) is 26.8 Å². The Hall–Kier alpha value is -2.17. The van der Waals surface area contributed by atoms with Gasteiger partial charge in [-0.15, -0.1) is 0 Å². The molecule has 0 aliphatic rings. The zero-order valence-electron chi connectivity index (χ0n) is 12.4. The number of carboxylic acid groups (broad SMARTS) is 1. The van der Waals surface area contributed by atoms with Crippen LogP contribution in [0.1, 0.15) is 43.1 Å². The van der Waals surface area contributed by atoms with E-state index in [-0.39, 0.29) is 22.4 Å². The lowest BCUT2D eigenvalue weighted by atomic mass is 9.90. The largest absolute Gasteiger partial charge is 0.478 e. The molecule has 0 atom stereocenters. The molecule has 4 nitrogen and oxygen atoms in total. The smallest absolute Gasteiger partial charge is 0.328 e. The van der Waals surface area contributed by atoms with E-state index in [1.807, 2.05) is 20.8 Å². The summed E-state index contributed by atoms with van der Waals surface area (Å²) in [5.41, 5.74) is 0.327. The Labute approximate surface area is 123 Å². The zero-order valence-corrected chi connectivity index (χ0v) is 12.4. The van der Waals surface area contributed by atoms with Crippen LogP contribution in [0.5, 0.6) is 0 Å². The summed E-state index contributed by atoms with van der Waals surface area (Å²) < 4.78 is 13.8. The number of carbonyl (C=O) groups excluding carboxylic acids is 1. The number of benzene rings is 1. The Bertz CT molecular complexity index is 565. The molecule has 114 valence electrons. The maximum Gasteiger partial charge on any atom is 0.328 e. The molecule has 0 spiro atoms. The van der Waals surface area contributed by atoms with Gasteiger partial charge in [0.15, 0.2) is 0 Å². The number of aliphatic carboxylic acids is 1. The summed E-state index contributed by atoms with van der Waals surface area (Å²) in [7, 11) is 0. The van der Waals surface area contributed by atoms with Gasteiger partial charge in [-0.3, -0.25) is 4.79 Å². The fraction of sp³-hybridized carbons (Fsp3) is 0.375. The highest BCUT2D eigenvalue weighted by Crippen LogP contribution is 2.18. The molecule has 0 aliphatic carbocycles. The molecule has 1 amide bonds. The molecule has 0 saturated carbocycles. The molecular formula is C16H20FNO3. The standard InChI is InChI=1S/C16H20FNO3/c1-4-16(2,3)10-18-15(21)12-6-5-11(13(17)9-12)7-8-14(19)20/h5-9H,4,10H2,1-3H3,(H,18,21)(H,19,20)/b8-7+. The maximum absolute atomic E-state index is 13.8. The maximum atomic E-state index is 13.8. The normalized spacial score (nSPS) is 11.6. The van der Waals surface area contributed by atoms with E-state index >= 15 is 0 Å². The van der Waals surface area contributed by atoms with Crippen LogP contribution in [0, 0.1) is 11.2 Å². The first-order valence-corrected chi connectivity index (χ1v) is 6.74. The highest BCUT2D eigenvalue weighted by atomic mass is 19.1. The van der Waals surface area contributed by atoms with Gasteiger partial charge in [0.2, 0.25) is 0 Å². The molecule has 0 aromatic heterocycles. The van der Waals surface area contributed by atoms with E-state index in [1.165, 1.54) is 12.1 Å². The fourth-order valence-electron chi connectivity index (χ4n) is 1.51. The highest BCUT2D eigenvalue weighted by molar-refractivity contribution is 5.94. The van der Waals surface area contributed by atoms with Gasteiger partial charge in [-0.05, 0) is 30.0 Å². The average molecular weight is 293 g/mol. The molecule has 0 bridgehead atoms. The molecule has 1 aromatic rings. The number of halogens is 1. The first kappa shape index (κ1) is 16.9. The molecule has 0 unspecified atom stereocenters. The summed E-state index contributed by atoms with van der Waals surface area (Å²) in [5.74, 6) is -2.13. The molecular weight excluding hydrogens is 273 g/mol. The SMILES string of the molecule is CCC(C)(C)CNC(=O)c1ccc(/C=C/C(=O)O)c(F)c1. The van der Waals surface area contributed by atoms with Crippen LogP contribution in [0.2, 0.25) is 0 Å². The van der Waals surface area contributed by atoms with Crippen molar-refractivity contribution in [2.24, 2.45) is 5.41 Å². The molecule has 0 saturated heterocycles. The second kappa shape index (κ2) is 7.02. The van der Waals surface area contributed by atoms with Gasteiger partial charge in [0.25, 0.3) is 5.91 Å². The summed E-state index contributed by atoms with van der Waals surface area (Å²) in [6.45, 7) is 6.61. The van der Waals surface area contributed by atoms with Crippen molar-refractivity contribution in [3.63, 3.8) is 0 Å². The van der Waals surface area contributed by atoms with Crippen LogP contribution < -0.4 is 5.32 Å². The van der Waals surface area contributed by atoms with Gasteiger partial charge in [0, 0.05) is 23.7 Å². The Morgan fingerprint density at radius 3 is 2.57 bits per heavy atom. The molecule has 0 heterocycles. The van der Waals surface area contributed by atoms with Crippen molar-refractivity contribution in [3.05, 3.63) is 41.2 Å². The Morgan fingerprint density at radius 1 is 1.38 bits per heavy atom.